The van der Waals surface area contributed by atoms with Crippen molar-refractivity contribution in [2.24, 2.45) is 0 Å². The van der Waals surface area contributed by atoms with Crippen LogP contribution in [0.5, 0.6) is 0 Å². The first kappa shape index (κ1) is 18.6. The molecule has 2 heterocycles. The van der Waals surface area contributed by atoms with Crippen molar-refractivity contribution in [2.75, 3.05) is 11.9 Å². The standard InChI is InChI=1S/C17H16N4O5S/c1-10-7-14(21-25-10)19-15(22)8-24-17(23)12-5-3-4-6-13(12)27-9-16-18-11(2)20-26-16/h3-7H,8-9H2,1-2H3,(H,19,21,22). The summed E-state index contributed by atoms with van der Waals surface area (Å²) in [6.45, 7) is 2.99. The molecule has 0 aliphatic carbocycles. The lowest BCUT2D eigenvalue weighted by atomic mass is 10.2. The predicted octanol–water partition coefficient (Wildman–Crippen LogP) is 2.76. The molecule has 0 saturated carbocycles. The van der Waals surface area contributed by atoms with Crippen LogP contribution in [0, 0.1) is 13.8 Å². The van der Waals surface area contributed by atoms with E-state index in [2.05, 4.69) is 20.6 Å². The molecule has 0 bridgehead atoms. The van der Waals surface area contributed by atoms with Gasteiger partial charge in [-0.3, -0.25) is 4.79 Å². The van der Waals surface area contributed by atoms with E-state index in [1.165, 1.54) is 11.8 Å². The molecular weight excluding hydrogens is 372 g/mol. The number of thioether (sulfide) groups is 1. The molecule has 0 unspecified atom stereocenters. The van der Waals surface area contributed by atoms with Crippen LogP contribution < -0.4 is 5.32 Å². The van der Waals surface area contributed by atoms with Crippen molar-refractivity contribution in [2.45, 2.75) is 24.5 Å². The fourth-order valence-electron chi connectivity index (χ4n) is 2.11. The summed E-state index contributed by atoms with van der Waals surface area (Å²) in [5.41, 5.74) is 0.351. The van der Waals surface area contributed by atoms with Gasteiger partial charge in [0.15, 0.2) is 18.2 Å². The first-order valence-corrected chi connectivity index (χ1v) is 8.91. The second-order valence-electron chi connectivity index (χ2n) is 5.47. The van der Waals surface area contributed by atoms with Gasteiger partial charge in [-0.2, -0.15) is 4.98 Å². The van der Waals surface area contributed by atoms with Crippen LogP contribution in [-0.2, 0) is 15.3 Å². The van der Waals surface area contributed by atoms with E-state index < -0.39 is 18.5 Å². The van der Waals surface area contributed by atoms with E-state index in [9.17, 15) is 9.59 Å². The number of amides is 1. The number of rotatable bonds is 7. The zero-order chi connectivity index (χ0) is 19.2. The average Bonchev–Trinajstić information content (AvgIpc) is 3.26. The van der Waals surface area contributed by atoms with Gasteiger partial charge >= 0.3 is 5.97 Å². The van der Waals surface area contributed by atoms with E-state index in [4.69, 9.17) is 13.8 Å². The van der Waals surface area contributed by atoms with Crippen molar-refractivity contribution in [3.05, 3.63) is 53.4 Å². The van der Waals surface area contributed by atoms with Crippen molar-refractivity contribution in [1.82, 2.24) is 15.3 Å². The second-order valence-corrected chi connectivity index (χ2v) is 6.48. The Hall–Kier alpha value is -3.14. The van der Waals surface area contributed by atoms with Crippen molar-refractivity contribution >= 4 is 29.5 Å². The Morgan fingerprint density at radius 1 is 1.19 bits per heavy atom. The minimum atomic E-state index is -0.605. The molecule has 9 nitrogen and oxygen atoms in total. The molecule has 0 fully saturated rings. The number of aryl methyl sites for hydroxylation is 2. The molecule has 1 amide bonds. The minimum Gasteiger partial charge on any atom is -0.452 e. The summed E-state index contributed by atoms with van der Waals surface area (Å²) in [4.78, 5) is 29.0. The van der Waals surface area contributed by atoms with Crippen LogP contribution >= 0.6 is 11.8 Å². The van der Waals surface area contributed by atoms with E-state index in [1.807, 2.05) is 0 Å². The van der Waals surface area contributed by atoms with Crippen LogP contribution in [0.3, 0.4) is 0 Å². The van der Waals surface area contributed by atoms with Crippen LogP contribution in [-0.4, -0.2) is 33.8 Å². The van der Waals surface area contributed by atoms with Gasteiger partial charge in [-0.15, -0.1) is 11.8 Å². The number of nitrogens with one attached hydrogen (secondary N) is 1. The molecule has 0 atom stereocenters. The second kappa shape index (κ2) is 8.49. The van der Waals surface area contributed by atoms with Gasteiger partial charge in [-0.25, -0.2) is 4.79 Å². The lowest BCUT2D eigenvalue weighted by Crippen LogP contribution is -2.21. The largest absolute Gasteiger partial charge is 0.452 e. The highest BCUT2D eigenvalue weighted by Crippen LogP contribution is 2.26. The third-order valence-corrected chi connectivity index (χ3v) is 4.32. The smallest absolute Gasteiger partial charge is 0.339 e. The number of aromatic nitrogens is 3. The summed E-state index contributed by atoms with van der Waals surface area (Å²) >= 11 is 1.36. The van der Waals surface area contributed by atoms with Crippen molar-refractivity contribution < 1.29 is 23.4 Å². The molecular formula is C17H16N4O5S. The molecule has 0 aliphatic heterocycles. The Labute approximate surface area is 158 Å². The van der Waals surface area contributed by atoms with Crippen molar-refractivity contribution in [3.8, 4) is 0 Å². The summed E-state index contributed by atoms with van der Waals surface area (Å²) in [5, 5.41) is 9.84. The number of hydrogen-bond donors (Lipinski definition) is 1. The zero-order valence-corrected chi connectivity index (χ0v) is 15.4. The highest BCUT2D eigenvalue weighted by Gasteiger charge is 2.16. The van der Waals surface area contributed by atoms with Crippen LogP contribution in [0.2, 0.25) is 0 Å². The summed E-state index contributed by atoms with van der Waals surface area (Å²) in [6.07, 6.45) is 0. The Morgan fingerprint density at radius 2 is 2.00 bits per heavy atom. The normalized spacial score (nSPS) is 10.6. The maximum atomic E-state index is 12.3. The molecule has 0 saturated heterocycles. The van der Waals surface area contributed by atoms with E-state index in [-0.39, 0.29) is 5.82 Å². The van der Waals surface area contributed by atoms with Gasteiger partial charge in [0.1, 0.15) is 5.76 Å². The number of anilines is 1. The SMILES string of the molecule is Cc1noc(CSc2ccccc2C(=O)OCC(=O)Nc2cc(C)on2)n1. The third kappa shape index (κ3) is 5.17. The maximum absolute atomic E-state index is 12.3. The lowest BCUT2D eigenvalue weighted by Gasteiger charge is -2.08. The molecule has 2 aromatic heterocycles. The van der Waals surface area contributed by atoms with Gasteiger partial charge < -0.3 is 19.1 Å². The number of ether oxygens (including phenoxy) is 1. The van der Waals surface area contributed by atoms with Gasteiger partial charge in [0, 0.05) is 11.0 Å². The Bertz CT molecular complexity index is 952. The highest BCUT2D eigenvalue weighted by atomic mass is 32.2. The first-order chi connectivity index (χ1) is 13.0. The molecule has 3 rings (SSSR count). The number of nitrogens with zero attached hydrogens (tertiary/aromatic N) is 3. The molecule has 0 aliphatic rings. The molecule has 0 spiro atoms. The topological polar surface area (TPSA) is 120 Å². The van der Waals surface area contributed by atoms with Gasteiger partial charge in [0.25, 0.3) is 5.91 Å². The fraction of sp³-hybridized carbons (Fsp3) is 0.235. The maximum Gasteiger partial charge on any atom is 0.339 e. The third-order valence-electron chi connectivity index (χ3n) is 3.26. The highest BCUT2D eigenvalue weighted by molar-refractivity contribution is 7.98. The van der Waals surface area contributed by atoms with Crippen LogP contribution in [0.15, 0.2) is 44.3 Å². The summed E-state index contributed by atoms with van der Waals surface area (Å²) < 4.78 is 15.0. The monoisotopic (exact) mass is 388 g/mol. The fourth-order valence-corrected chi connectivity index (χ4v) is 2.99. The molecule has 0 radical (unpaired) electrons. The van der Waals surface area contributed by atoms with Gasteiger partial charge in [0.05, 0.1) is 11.3 Å². The van der Waals surface area contributed by atoms with Gasteiger partial charge in [-0.1, -0.05) is 22.4 Å². The van der Waals surface area contributed by atoms with E-state index in [0.29, 0.717) is 33.7 Å². The van der Waals surface area contributed by atoms with Crippen molar-refractivity contribution in [1.29, 1.82) is 0 Å². The summed E-state index contributed by atoms with van der Waals surface area (Å²) in [6, 6.07) is 8.49. The predicted molar refractivity (Wildman–Crippen MR) is 95.2 cm³/mol. The van der Waals surface area contributed by atoms with Crippen LogP contribution in [0.4, 0.5) is 5.82 Å². The van der Waals surface area contributed by atoms with Gasteiger partial charge in [0.2, 0.25) is 5.89 Å². The molecule has 1 N–H and O–H groups in total. The van der Waals surface area contributed by atoms with Crippen molar-refractivity contribution in [3.63, 3.8) is 0 Å². The summed E-state index contributed by atoms with van der Waals surface area (Å²) in [7, 11) is 0. The van der Waals surface area contributed by atoms with Crippen LogP contribution in [0.25, 0.3) is 0 Å². The van der Waals surface area contributed by atoms with Crippen LogP contribution in [0.1, 0.15) is 27.8 Å². The van der Waals surface area contributed by atoms with Gasteiger partial charge in [-0.05, 0) is 26.0 Å². The number of hydrogen-bond acceptors (Lipinski definition) is 9. The molecule has 140 valence electrons. The number of carbonyl (C=O) groups excluding carboxylic acids is 2. The van der Waals surface area contributed by atoms with E-state index >= 15 is 0 Å². The summed E-state index contributed by atoms with van der Waals surface area (Å²) in [5.74, 6) is 1.13. The minimum absolute atomic E-state index is 0.263. The molecule has 27 heavy (non-hydrogen) atoms. The molecule has 1 aromatic carbocycles. The number of benzene rings is 1. The van der Waals surface area contributed by atoms with E-state index in [1.54, 1.807) is 44.2 Å². The Morgan fingerprint density at radius 3 is 2.70 bits per heavy atom. The lowest BCUT2D eigenvalue weighted by molar-refractivity contribution is -0.119. The first-order valence-electron chi connectivity index (χ1n) is 7.92. The van der Waals surface area contributed by atoms with E-state index in [0.717, 1.165) is 0 Å². The average molecular weight is 388 g/mol. The molecule has 10 heteroatoms. The number of carbonyl (C=O) groups is 2. The number of esters is 1. The quantitative estimate of drug-likeness (QED) is 0.481. The molecule has 3 aromatic rings. The zero-order valence-electron chi connectivity index (χ0n) is 14.6. The Balaban J connectivity index is 1.56. The Kier molecular flexibility index (Phi) is 5.87.